The van der Waals surface area contributed by atoms with Crippen molar-refractivity contribution in [1.29, 1.82) is 0 Å². The van der Waals surface area contributed by atoms with E-state index in [1.54, 1.807) is 6.92 Å². The van der Waals surface area contributed by atoms with Gasteiger partial charge in [0.25, 0.3) is 10.0 Å². The van der Waals surface area contributed by atoms with Crippen LogP contribution >= 0.6 is 0 Å². The number of hydrogen-bond acceptors (Lipinski definition) is 5. The number of nitrogens with one attached hydrogen (secondary N) is 2. The summed E-state index contributed by atoms with van der Waals surface area (Å²) in [5.41, 5.74) is -0.0687. The van der Waals surface area contributed by atoms with Crippen molar-refractivity contribution in [2.45, 2.75) is 31.2 Å². The summed E-state index contributed by atoms with van der Waals surface area (Å²) in [6.45, 7) is 2.20. The second-order valence-corrected chi connectivity index (χ2v) is 6.17. The van der Waals surface area contributed by atoms with E-state index in [9.17, 15) is 13.2 Å². The fraction of sp³-hybridized carbons (Fsp3) is 0.636. The molecule has 1 aliphatic rings. The van der Waals surface area contributed by atoms with Gasteiger partial charge >= 0.3 is 5.97 Å². The summed E-state index contributed by atoms with van der Waals surface area (Å²) in [6.07, 6.45) is 4.31. The molecule has 0 saturated heterocycles. The van der Waals surface area contributed by atoms with Crippen LogP contribution in [0.25, 0.3) is 0 Å². The Morgan fingerprint density at radius 2 is 2.32 bits per heavy atom. The van der Waals surface area contributed by atoms with Gasteiger partial charge in [-0.1, -0.05) is 12.8 Å². The van der Waals surface area contributed by atoms with E-state index in [0.717, 1.165) is 12.6 Å². The van der Waals surface area contributed by atoms with Gasteiger partial charge in [-0.3, -0.25) is 5.10 Å². The number of aromatic amines is 1. The number of sulfonamides is 1. The zero-order valence-electron chi connectivity index (χ0n) is 10.7. The van der Waals surface area contributed by atoms with Gasteiger partial charge in [0.05, 0.1) is 12.8 Å². The minimum atomic E-state index is -3.75. The van der Waals surface area contributed by atoms with Gasteiger partial charge in [0.15, 0.2) is 5.03 Å². The van der Waals surface area contributed by atoms with Crippen molar-refractivity contribution in [3.63, 3.8) is 0 Å². The Morgan fingerprint density at radius 3 is 2.95 bits per heavy atom. The van der Waals surface area contributed by atoms with Crippen LogP contribution in [0.4, 0.5) is 0 Å². The average molecular weight is 287 g/mol. The number of esters is 1. The molecule has 2 rings (SSSR count). The van der Waals surface area contributed by atoms with E-state index in [0.29, 0.717) is 12.5 Å². The van der Waals surface area contributed by atoms with Crippen molar-refractivity contribution in [3.8, 4) is 0 Å². The number of H-pyrrole nitrogens is 1. The molecule has 1 saturated carbocycles. The topological polar surface area (TPSA) is 101 Å². The van der Waals surface area contributed by atoms with E-state index >= 15 is 0 Å². The third kappa shape index (κ3) is 3.54. The van der Waals surface area contributed by atoms with Crippen molar-refractivity contribution >= 4 is 16.0 Å². The molecule has 0 unspecified atom stereocenters. The van der Waals surface area contributed by atoms with Gasteiger partial charge in [0.1, 0.15) is 5.56 Å². The predicted molar refractivity (Wildman–Crippen MR) is 67.1 cm³/mol. The molecule has 1 fully saturated rings. The molecular weight excluding hydrogens is 270 g/mol. The highest BCUT2D eigenvalue weighted by Crippen LogP contribution is 2.31. The standard InChI is InChI=1S/C11H17N3O4S/c1-2-18-11(15)9-7-12-14-10(9)19(16,17)13-6-5-8-3-4-8/h7-8,13H,2-6H2,1H3,(H,12,14). The van der Waals surface area contributed by atoms with Crippen LogP contribution in [0.1, 0.15) is 36.5 Å². The molecule has 8 heteroatoms. The van der Waals surface area contributed by atoms with E-state index in [4.69, 9.17) is 4.74 Å². The minimum Gasteiger partial charge on any atom is -0.462 e. The number of hydrogen-bond donors (Lipinski definition) is 2. The summed E-state index contributed by atoms with van der Waals surface area (Å²) in [5, 5.41) is 5.71. The molecular formula is C11H17N3O4S. The monoisotopic (exact) mass is 287 g/mol. The Kier molecular flexibility index (Phi) is 4.20. The van der Waals surface area contributed by atoms with E-state index in [1.807, 2.05) is 0 Å². The molecule has 1 aliphatic carbocycles. The Morgan fingerprint density at radius 1 is 1.58 bits per heavy atom. The summed E-state index contributed by atoms with van der Waals surface area (Å²) in [4.78, 5) is 11.6. The van der Waals surface area contributed by atoms with Gasteiger partial charge in [0, 0.05) is 6.54 Å². The van der Waals surface area contributed by atoms with Gasteiger partial charge in [0.2, 0.25) is 0 Å². The van der Waals surface area contributed by atoms with E-state index < -0.39 is 16.0 Å². The van der Waals surface area contributed by atoms with Crippen molar-refractivity contribution in [1.82, 2.24) is 14.9 Å². The molecule has 1 heterocycles. The van der Waals surface area contributed by atoms with Gasteiger partial charge in [-0.2, -0.15) is 5.10 Å². The predicted octanol–water partition coefficient (Wildman–Crippen LogP) is 0.665. The molecule has 1 aromatic heterocycles. The molecule has 0 radical (unpaired) electrons. The molecule has 2 N–H and O–H groups in total. The van der Waals surface area contributed by atoms with Gasteiger partial charge in [-0.05, 0) is 19.3 Å². The third-order valence-corrected chi connectivity index (χ3v) is 4.34. The smallest absolute Gasteiger partial charge is 0.342 e. The second-order valence-electron chi connectivity index (χ2n) is 4.46. The van der Waals surface area contributed by atoms with Crippen LogP contribution in [-0.2, 0) is 14.8 Å². The number of carbonyl (C=O) groups is 1. The lowest BCUT2D eigenvalue weighted by Gasteiger charge is -2.06. The summed E-state index contributed by atoms with van der Waals surface area (Å²) >= 11 is 0. The molecule has 0 bridgehead atoms. The maximum atomic E-state index is 12.0. The van der Waals surface area contributed by atoms with Crippen LogP contribution in [0.15, 0.2) is 11.2 Å². The zero-order chi connectivity index (χ0) is 13.9. The lowest BCUT2D eigenvalue weighted by atomic mass is 10.3. The first-order valence-electron chi connectivity index (χ1n) is 6.24. The first-order chi connectivity index (χ1) is 9.04. The molecule has 1 aromatic rings. The highest BCUT2D eigenvalue weighted by molar-refractivity contribution is 7.89. The summed E-state index contributed by atoms with van der Waals surface area (Å²) in [7, 11) is -3.75. The SMILES string of the molecule is CCOC(=O)c1cn[nH]c1S(=O)(=O)NCCC1CC1. The van der Waals surface area contributed by atoms with E-state index in [2.05, 4.69) is 14.9 Å². The van der Waals surface area contributed by atoms with Crippen molar-refractivity contribution in [2.75, 3.05) is 13.2 Å². The molecule has 0 aromatic carbocycles. The van der Waals surface area contributed by atoms with Crippen LogP contribution in [0.3, 0.4) is 0 Å². The summed E-state index contributed by atoms with van der Waals surface area (Å²) in [5.74, 6) is -0.0622. The van der Waals surface area contributed by atoms with Crippen LogP contribution < -0.4 is 4.72 Å². The molecule has 19 heavy (non-hydrogen) atoms. The van der Waals surface area contributed by atoms with Gasteiger partial charge in [-0.25, -0.2) is 17.9 Å². The largest absolute Gasteiger partial charge is 0.462 e. The first-order valence-corrected chi connectivity index (χ1v) is 7.73. The number of nitrogens with zero attached hydrogens (tertiary/aromatic N) is 1. The Balaban J connectivity index is 2.06. The van der Waals surface area contributed by atoms with E-state index in [-0.39, 0.29) is 17.2 Å². The fourth-order valence-electron chi connectivity index (χ4n) is 1.71. The highest BCUT2D eigenvalue weighted by Gasteiger charge is 2.27. The average Bonchev–Trinajstić information content (AvgIpc) is 3.03. The first kappa shape index (κ1) is 14.0. The number of aromatic nitrogens is 2. The Hall–Kier alpha value is -1.41. The quantitative estimate of drug-likeness (QED) is 0.718. The lowest BCUT2D eigenvalue weighted by molar-refractivity contribution is 0.0522. The molecule has 0 amide bonds. The summed E-state index contributed by atoms with van der Waals surface area (Å²) in [6, 6.07) is 0. The lowest BCUT2D eigenvalue weighted by Crippen LogP contribution is -2.27. The molecule has 106 valence electrons. The second kappa shape index (κ2) is 5.70. The highest BCUT2D eigenvalue weighted by atomic mass is 32.2. The maximum absolute atomic E-state index is 12.0. The number of rotatable bonds is 7. The van der Waals surface area contributed by atoms with Crippen LogP contribution in [0.2, 0.25) is 0 Å². The van der Waals surface area contributed by atoms with Crippen LogP contribution in [-0.4, -0.2) is 37.7 Å². The Bertz CT molecular complexity index is 548. The normalized spacial score (nSPS) is 15.4. The number of ether oxygens (including phenoxy) is 1. The number of carbonyl (C=O) groups excluding carboxylic acids is 1. The van der Waals surface area contributed by atoms with Crippen molar-refractivity contribution < 1.29 is 17.9 Å². The van der Waals surface area contributed by atoms with Crippen LogP contribution in [0, 0.1) is 5.92 Å². The van der Waals surface area contributed by atoms with E-state index in [1.165, 1.54) is 12.8 Å². The van der Waals surface area contributed by atoms with Crippen molar-refractivity contribution in [3.05, 3.63) is 11.8 Å². The maximum Gasteiger partial charge on any atom is 0.342 e. The third-order valence-electron chi connectivity index (χ3n) is 2.91. The molecule has 0 aliphatic heterocycles. The molecule has 0 spiro atoms. The molecule has 7 nitrogen and oxygen atoms in total. The molecule has 0 atom stereocenters. The van der Waals surface area contributed by atoms with Crippen LogP contribution in [0.5, 0.6) is 0 Å². The Labute approximate surface area is 111 Å². The van der Waals surface area contributed by atoms with Gasteiger partial charge in [-0.15, -0.1) is 0 Å². The van der Waals surface area contributed by atoms with Gasteiger partial charge < -0.3 is 4.74 Å². The van der Waals surface area contributed by atoms with Crippen molar-refractivity contribution in [2.24, 2.45) is 5.92 Å². The summed E-state index contributed by atoms with van der Waals surface area (Å²) < 4.78 is 31.3. The zero-order valence-corrected chi connectivity index (χ0v) is 11.5. The fourth-order valence-corrected chi connectivity index (χ4v) is 2.84. The minimum absolute atomic E-state index is 0.0687.